The van der Waals surface area contributed by atoms with Crippen molar-refractivity contribution in [3.8, 4) is 11.1 Å². The van der Waals surface area contributed by atoms with E-state index in [1.165, 1.54) is 22.3 Å². The van der Waals surface area contributed by atoms with Gasteiger partial charge in [0, 0.05) is 9.12 Å². The van der Waals surface area contributed by atoms with Gasteiger partial charge in [0.25, 0.3) is 0 Å². The summed E-state index contributed by atoms with van der Waals surface area (Å²) in [6, 6.07) is 10.9. The summed E-state index contributed by atoms with van der Waals surface area (Å²) >= 11 is 0. The molecule has 0 unspecified atom stereocenters. The zero-order valence-corrected chi connectivity index (χ0v) is 8.40. The first-order chi connectivity index (χ1) is 6.45. The van der Waals surface area contributed by atoms with Gasteiger partial charge in [-0.15, -0.1) is 0 Å². The van der Waals surface area contributed by atoms with Gasteiger partial charge in [-0.05, 0) is 34.4 Å². The third-order valence-electron chi connectivity index (χ3n) is 2.62. The predicted octanol–water partition coefficient (Wildman–Crippen LogP) is 2.13. The van der Waals surface area contributed by atoms with Crippen molar-refractivity contribution in [3.63, 3.8) is 0 Å². The van der Waals surface area contributed by atoms with Crippen molar-refractivity contribution < 1.29 is 0 Å². The number of fused-ring (bicyclic) bond motifs is 3. The molecule has 0 bridgehead atoms. The number of hydrogen-bond acceptors (Lipinski definition) is 0. The van der Waals surface area contributed by atoms with Crippen LogP contribution in [0.3, 0.4) is 0 Å². The van der Waals surface area contributed by atoms with Gasteiger partial charge < -0.3 is 0 Å². The lowest BCUT2D eigenvalue weighted by molar-refractivity contribution is 1.27. The van der Waals surface area contributed by atoms with Crippen LogP contribution in [-0.2, 0) is 6.42 Å². The first-order valence-electron chi connectivity index (χ1n) is 4.53. The van der Waals surface area contributed by atoms with Crippen molar-refractivity contribution in [1.82, 2.24) is 0 Å². The standard InChI is InChI=1S/C12H9Si/c1-2-4-11-9(3-1)7-10-8-13-6-5-12(10)11/h1-6,13H,7H2. The molecule has 0 saturated carbocycles. The van der Waals surface area contributed by atoms with Gasteiger partial charge >= 0.3 is 0 Å². The van der Waals surface area contributed by atoms with E-state index in [2.05, 4.69) is 41.7 Å². The molecular formula is C12H9Si. The first kappa shape index (κ1) is 7.22. The summed E-state index contributed by atoms with van der Waals surface area (Å²) < 4.78 is 0. The van der Waals surface area contributed by atoms with Gasteiger partial charge in [-0.25, -0.2) is 0 Å². The molecule has 13 heavy (non-hydrogen) atoms. The molecule has 0 nitrogen and oxygen atoms in total. The Labute approximate surface area is 80.0 Å². The fourth-order valence-corrected chi connectivity index (χ4v) is 2.84. The number of benzene rings is 1. The van der Waals surface area contributed by atoms with E-state index in [0.717, 1.165) is 6.42 Å². The molecule has 2 aromatic rings. The molecule has 1 aromatic carbocycles. The monoisotopic (exact) mass is 181 g/mol. The lowest BCUT2D eigenvalue weighted by Crippen LogP contribution is -1.81. The van der Waals surface area contributed by atoms with E-state index in [9.17, 15) is 0 Å². The molecule has 61 valence electrons. The first-order valence-corrected chi connectivity index (χ1v) is 5.77. The third kappa shape index (κ3) is 1.01. The second kappa shape index (κ2) is 2.64. The molecule has 1 heteroatoms. The average Bonchev–Trinajstić information content (AvgIpc) is 2.56. The smallest absolute Gasteiger partial charge is 0.0300 e. The van der Waals surface area contributed by atoms with E-state index in [1.54, 1.807) is 0 Å². The molecule has 0 spiro atoms. The highest BCUT2D eigenvalue weighted by Gasteiger charge is 2.15. The Morgan fingerprint density at radius 2 is 2.00 bits per heavy atom. The SMILES string of the molecule is [c]1[siH]ccc2c1Cc1ccccc1-2. The fraction of sp³-hybridized carbons (Fsp3) is 0.0833. The molecule has 1 radical (unpaired) electrons. The molecule has 1 aliphatic rings. The van der Waals surface area contributed by atoms with E-state index in [-0.39, 0.29) is 0 Å². The summed E-state index contributed by atoms with van der Waals surface area (Å²) in [4.78, 5) is 0. The molecular weight excluding hydrogens is 172 g/mol. The van der Waals surface area contributed by atoms with Crippen LogP contribution < -0.4 is 0 Å². The molecule has 0 atom stereocenters. The van der Waals surface area contributed by atoms with Gasteiger partial charge in [-0.3, -0.25) is 0 Å². The topological polar surface area (TPSA) is 0 Å². The Balaban J connectivity index is 2.32. The molecule has 0 amide bonds. The van der Waals surface area contributed by atoms with Gasteiger partial charge in [0.05, 0.1) is 0 Å². The van der Waals surface area contributed by atoms with Gasteiger partial charge in [0.15, 0.2) is 0 Å². The van der Waals surface area contributed by atoms with Crippen LogP contribution in [0, 0.1) is 5.68 Å². The highest BCUT2D eigenvalue weighted by Crippen LogP contribution is 2.34. The van der Waals surface area contributed by atoms with Crippen LogP contribution in [0.5, 0.6) is 0 Å². The van der Waals surface area contributed by atoms with E-state index < -0.39 is 0 Å². The van der Waals surface area contributed by atoms with E-state index >= 15 is 0 Å². The lowest BCUT2D eigenvalue weighted by atomic mass is 10.1. The van der Waals surface area contributed by atoms with Crippen LogP contribution in [0.15, 0.2) is 36.0 Å². The maximum Gasteiger partial charge on any atom is 0.0300 e. The maximum absolute atomic E-state index is 3.50. The predicted molar refractivity (Wildman–Crippen MR) is 56.3 cm³/mol. The van der Waals surface area contributed by atoms with Crippen LogP contribution in [-0.4, -0.2) is 9.12 Å². The molecule has 1 heterocycles. The highest BCUT2D eigenvalue weighted by molar-refractivity contribution is 6.27. The highest BCUT2D eigenvalue weighted by atomic mass is 28.2. The molecule has 0 fully saturated rings. The number of rotatable bonds is 0. The normalized spacial score (nSPS) is 12.3. The molecule has 1 aromatic heterocycles. The van der Waals surface area contributed by atoms with Crippen LogP contribution in [0.2, 0.25) is 0 Å². The number of hydrogen-bond donors (Lipinski definition) is 0. The van der Waals surface area contributed by atoms with Crippen LogP contribution in [0.4, 0.5) is 0 Å². The summed E-state index contributed by atoms with van der Waals surface area (Å²) in [7, 11) is 0.304. The zero-order chi connectivity index (χ0) is 8.67. The van der Waals surface area contributed by atoms with Crippen molar-refractivity contribution in [2.24, 2.45) is 0 Å². The molecule has 0 saturated heterocycles. The zero-order valence-electron chi connectivity index (χ0n) is 7.25. The van der Waals surface area contributed by atoms with Crippen LogP contribution >= 0.6 is 0 Å². The van der Waals surface area contributed by atoms with Crippen molar-refractivity contribution in [2.75, 3.05) is 0 Å². The van der Waals surface area contributed by atoms with Gasteiger partial charge in [0.2, 0.25) is 0 Å². The summed E-state index contributed by atoms with van der Waals surface area (Å²) in [6.45, 7) is 0. The average molecular weight is 181 g/mol. The largest absolute Gasteiger partial charge is 0.0793 e. The van der Waals surface area contributed by atoms with Gasteiger partial charge in [0.1, 0.15) is 0 Å². The van der Waals surface area contributed by atoms with Crippen LogP contribution in [0.25, 0.3) is 11.1 Å². The fourth-order valence-electron chi connectivity index (χ4n) is 2.00. The van der Waals surface area contributed by atoms with Crippen LogP contribution in [0.1, 0.15) is 11.1 Å². The quantitative estimate of drug-likeness (QED) is 0.466. The molecule has 0 N–H and O–H groups in total. The summed E-state index contributed by atoms with van der Waals surface area (Å²) in [6.07, 6.45) is 1.10. The van der Waals surface area contributed by atoms with Gasteiger partial charge in [-0.1, -0.05) is 36.0 Å². The summed E-state index contributed by atoms with van der Waals surface area (Å²) in [5.41, 5.74) is 11.5. The lowest BCUT2D eigenvalue weighted by Gasteiger charge is -1.97. The van der Waals surface area contributed by atoms with Crippen molar-refractivity contribution >= 4 is 9.12 Å². The van der Waals surface area contributed by atoms with E-state index in [4.69, 9.17) is 0 Å². The van der Waals surface area contributed by atoms with Crippen molar-refractivity contribution in [2.45, 2.75) is 6.42 Å². The summed E-state index contributed by atoms with van der Waals surface area (Å²) in [5, 5.41) is 0. The summed E-state index contributed by atoms with van der Waals surface area (Å²) in [5.74, 6) is 0. The van der Waals surface area contributed by atoms with Gasteiger partial charge in [-0.2, -0.15) is 0 Å². The van der Waals surface area contributed by atoms with E-state index in [1.807, 2.05) is 0 Å². The second-order valence-corrected chi connectivity index (χ2v) is 4.40. The second-order valence-electron chi connectivity index (χ2n) is 3.40. The minimum absolute atomic E-state index is 0.304. The van der Waals surface area contributed by atoms with Crippen molar-refractivity contribution in [3.05, 3.63) is 52.8 Å². The molecule has 1 aliphatic carbocycles. The third-order valence-corrected chi connectivity index (χ3v) is 3.52. The minimum atomic E-state index is 0.304. The Kier molecular flexibility index (Phi) is 1.46. The molecule has 3 rings (SSSR count). The minimum Gasteiger partial charge on any atom is -0.0793 e. The Morgan fingerprint density at radius 1 is 1.08 bits per heavy atom. The Hall–Kier alpha value is -1.21. The Morgan fingerprint density at radius 3 is 3.00 bits per heavy atom. The maximum atomic E-state index is 3.50. The Bertz CT molecular complexity index is 417. The van der Waals surface area contributed by atoms with E-state index in [0.29, 0.717) is 9.12 Å². The molecule has 0 aliphatic heterocycles. The van der Waals surface area contributed by atoms with Crippen molar-refractivity contribution in [1.29, 1.82) is 0 Å².